The molecule has 5 aromatic carbocycles. The van der Waals surface area contributed by atoms with Gasteiger partial charge in [-0.05, 0) is 70.8 Å². The predicted molar refractivity (Wildman–Crippen MR) is 155 cm³/mol. The highest BCUT2D eigenvalue weighted by Gasteiger charge is 2.15. The fourth-order valence-electron chi connectivity index (χ4n) is 4.50. The maximum atomic E-state index is 13.1. The first-order valence-electron chi connectivity index (χ1n) is 12.3. The molecule has 0 heterocycles. The smallest absolute Gasteiger partial charge is 0.266 e. The van der Waals surface area contributed by atoms with E-state index in [2.05, 4.69) is 42.6 Å². The van der Waals surface area contributed by atoms with Crippen molar-refractivity contribution in [2.75, 3.05) is 5.32 Å². The maximum absolute atomic E-state index is 13.1. The number of nitriles is 1. The zero-order chi connectivity index (χ0) is 26.6. The van der Waals surface area contributed by atoms with Gasteiger partial charge in [0, 0.05) is 21.8 Å². The summed E-state index contributed by atoms with van der Waals surface area (Å²) in [5.41, 5.74) is 4.29. The number of rotatable bonds is 6. The number of amides is 1. The summed E-state index contributed by atoms with van der Waals surface area (Å²) in [6.07, 6.45) is 1.60. The minimum Gasteiger partial charge on any atom is -0.488 e. The summed E-state index contributed by atoms with van der Waals surface area (Å²) in [6.45, 7) is 4.31. The Labute approximate surface area is 226 Å². The van der Waals surface area contributed by atoms with Gasteiger partial charge in [-0.2, -0.15) is 5.26 Å². The number of anilines is 1. The molecule has 0 bridgehead atoms. The number of carbonyl (C=O) groups is 1. The molecule has 0 fully saturated rings. The Kier molecular flexibility index (Phi) is 7.13. The van der Waals surface area contributed by atoms with Crippen molar-refractivity contribution in [2.24, 2.45) is 0 Å². The highest BCUT2D eigenvalue weighted by atomic mass is 35.5. The van der Waals surface area contributed by atoms with Gasteiger partial charge >= 0.3 is 0 Å². The first-order valence-corrected chi connectivity index (χ1v) is 12.6. The Bertz CT molecular complexity index is 1770. The molecule has 0 aliphatic rings. The van der Waals surface area contributed by atoms with E-state index in [1.807, 2.05) is 61.5 Å². The average Bonchev–Trinajstić information content (AvgIpc) is 2.93. The van der Waals surface area contributed by atoms with Crippen molar-refractivity contribution >= 4 is 50.8 Å². The molecule has 5 aromatic rings. The van der Waals surface area contributed by atoms with E-state index >= 15 is 0 Å². The van der Waals surface area contributed by atoms with Crippen LogP contribution in [-0.2, 0) is 11.4 Å². The third-order valence-electron chi connectivity index (χ3n) is 6.66. The fourth-order valence-corrected chi connectivity index (χ4v) is 4.68. The van der Waals surface area contributed by atoms with Gasteiger partial charge in [0.1, 0.15) is 24.0 Å². The Morgan fingerprint density at radius 1 is 0.895 bits per heavy atom. The van der Waals surface area contributed by atoms with Gasteiger partial charge in [0.15, 0.2) is 0 Å². The van der Waals surface area contributed by atoms with E-state index in [1.165, 1.54) is 0 Å². The predicted octanol–water partition coefficient (Wildman–Crippen LogP) is 8.39. The second-order valence-corrected chi connectivity index (χ2v) is 9.56. The molecule has 0 aromatic heterocycles. The van der Waals surface area contributed by atoms with Crippen molar-refractivity contribution in [2.45, 2.75) is 20.5 Å². The van der Waals surface area contributed by atoms with Crippen LogP contribution in [0.25, 0.3) is 27.6 Å². The van der Waals surface area contributed by atoms with Crippen LogP contribution < -0.4 is 10.1 Å². The average molecular weight is 517 g/mol. The third-order valence-corrected chi connectivity index (χ3v) is 7.07. The van der Waals surface area contributed by atoms with Gasteiger partial charge < -0.3 is 10.1 Å². The summed E-state index contributed by atoms with van der Waals surface area (Å²) in [6, 6.07) is 31.4. The van der Waals surface area contributed by atoms with Crippen molar-refractivity contribution in [3.8, 4) is 11.8 Å². The molecule has 0 atom stereocenters. The number of carbonyl (C=O) groups excluding carboxylic acids is 1. The second-order valence-electron chi connectivity index (χ2n) is 9.16. The molecule has 0 saturated heterocycles. The van der Waals surface area contributed by atoms with Gasteiger partial charge in [-0.1, -0.05) is 84.4 Å². The first kappa shape index (κ1) is 25.1. The van der Waals surface area contributed by atoms with Crippen LogP contribution in [0.1, 0.15) is 22.3 Å². The molecule has 0 unspecified atom stereocenters. The monoisotopic (exact) mass is 516 g/mol. The van der Waals surface area contributed by atoms with E-state index < -0.39 is 5.91 Å². The Morgan fingerprint density at radius 3 is 2.29 bits per heavy atom. The zero-order valence-corrected chi connectivity index (χ0v) is 21.8. The molecule has 38 heavy (non-hydrogen) atoms. The lowest BCUT2D eigenvalue weighted by molar-refractivity contribution is -0.112. The van der Waals surface area contributed by atoms with Crippen LogP contribution in [0.3, 0.4) is 0 Å². The Balaban J connectivity index is 1.53. The third kappa shape index (κ3) is 5.11. The molecular formula is C33H25ClN2O2. The molecule has 5 rings (SSSR count). The molecular weight excluding hydrogens is 492 g/mol. The number of fused-ring (bicyclic) bond motifs is 2. The lowest BCUT2D eigenvalue weighted by Crippen LogP contribution is -2.13. The van der Waals surface area contributed by atoms with Gasteiger partial charge in [-0.15, -0.1) is 0 Å². The van der Waals surface area contributed by atoms with Crippen LogP contribution in [0.4, 0.5) is 5.69 Å². The molecule has 0 radical (unpaired) electrons. The topological polar surface area (TPSA) is 62.1 Å². The van der Waals surface area contributed by atoms with Gasteiger partial charge in [-0.3, -0.25) is 4.79 Å². The molecule has 0 aliphatic carbocycles. The van der Waals surface area contributed by atoms with Gasteiger partial charge in [0.05, 0.1) is 0 Å². The van der Waals surface area contributed by atoms with E-state index in [1.54, 1.807) is 18.2 Å². The van der Waals surface area contributed by atoms with Gasteiger partial charge in [-0.25, -0.2) is 0 Å². The van der Waals surface area contributed by atoms with Crippen LogP contribution in [0, 0.1) is 25.2 Å². The fraction of sp³-hybridized carbons (Fsp3) is 0.0909. The Hall–Kier alpha value is -4.59. The quantitative estimate of drug-likeness (QED) is 0.182. The van der Waals surface area contributed by atoms with Gasteiger partial charge in [0.25, 0.3) is 5.91 Å². The molecule has 5 heteroatoms. The largest absolute Gasteiger partial charge is 0.488 e. The molecule has 0 aliphatic heterocycles. The van der Waals surface area contributed by atoms with Crippen molar-refractivity contribution in [1.82, 2.24) is 0 Å². The molecule has 186 valence electrons. The van der Waals surface area contributed by atoms with Crippen LogP contribution in [0.15, 0.2) is 96.6 Å². The molecule has 0 saturated carbocycles. The molecule has 1 N–H and O–H groups in total. The van der Waals surface area contributed by atoms with Crippen molar-refractivity contribution in [3.63, 3.8) is 0 Å². The van der Waals surface area contributed by atoms with E-state index in [0.29, 0.717) is 28.6 Å². The van der Waals surface area contributed by atoms with Crippen molar-refractivity contribution in [1.29, 1.82) is 5.26 Å². The summed E-state index contributed by atoms with van der Waals surface area (Å²) in [5.74, 6) is 0.0752. The van der Waals surface area contributed by atoms with E-state index in [0.717, 1.165) is 38.2 Å². The highest BCUT2D eigenvalue weighted by molar-refractivity contribution is 6.31. The standard InChI is InChI=1S/C33H25ClN2O2/c1-21-11-13-23-7-4-6-10-28(23)30(21)20-38-32-16-14-24-8-3-5-9-27(24)29(32)17-25(19-35)33(37)36-26-15-12-22(2)31(34)18-26/h3-18H,20H2,1-2H3,(H,36,37)/b25-17+. The Morgan fingerprint density at radius 2 is 1.55 bits per heavy atom. The highest BCUT2D eigenvalue weighted by Crippen LogP contribution is 2.32. The minimum absolute atomic E-state index is 0.0377. The molecule has 4 nitrogen and oxygen atoms in total. The van der Waals surface area contributed by atoms with Crippen LogP contribution in [0.5, 0.6) is 5.75 Å². The number of hydrogen-bond donors (Lipinski definition) is 1. The van der Waals surface area contributed by atoms with Gasteiger partial charge in [0.2, 0.25) is 0 Å². The summed E-state index contributed by atoms with van der Waals surface area (Å²) in [7, 11) is 0. The number of benzene rings is 5. The number of halogens is 1. The number of nitrogens with one attached hydrogen (secondary N) is 1. The van der Waals surface area contributed by atoms with E-state index in [9.17, 15) is 10.1 Å². The van der Waals surface area contributed by atoms with Crippen LogP contribution in [-0.4, -0.2) is 5.91 Å². The number of hydrogen-bond acceptors (Lipinski definition) is 3. The summed E-state index contributed by atoms with van der Waals surface area (Å²) in [5, 5.41) is 17.4. The SMILES string of the molecule is Cc1ccc(NC(=O)/C(C#N)=C/c2c(OCc3c(C)ccc4ccccc34)ccc3ccccc23)cc1Cl. The summed E-state index contributed by atoms with van der Waals surface area (Å²) in [4.78, 5) is 13.1. The maximum Gasteiger partial charge on any atom is 0.266 e. The lowest BCUT2D eigenvalue weighted by atomic mass is 9.99. The molecule has 1 amide bonds. The van der Waals surface area contributed by atoms with Crippen molar-refractivity contribution in [3.05, 3.63) is 124 Å². The summed E-state index contributed by atoms with van der Waals surface area (Å²) >= 11 is 6.21. The van der Waals surface area contributed by atoms with E-state index in [4.69, 9.17) is 16.3 Å². The van der Waals surface area contributed by atoms with Crippen molar-refractivity contribution < 1.29 is 9.53 Å². The van der Waals surface area contributed by atoms with E-state index in [-0.39, 0.29) is 5.57 Å². The summed E-state index contributed by atoms with van der Waals surface area (Å²) < 4.78 is 6.39. The lowest BCUT2D eigenvalue weighted by Gasteiger charge is -2.15. The number of nitrogens with zero attached hydrogens (tertiary/aromatic N) is 1. The normalized spacial score (nSPS) is 11.4. The first-order chi connectivity index (χ1) is 18.4. The molecule has 0 spiro atoms. The number of aryl methyl sites for hydroxylation is 2. The second kappa shape index (κ2) is 10.8. The van der Waals surface area contributed by atoms with Crippen LogP contribution in [0.2, 0.25) is 5.02 Å². The minimum atomic E-state index is -0.517. The number of ether oxygens (including phenoxy) is 1. The zero-order valence-electron chi connectivity index (χ0n) is 21.1. The van der Waals surface area contributed by atoms with Crippen LogP contribution >= 0.6 is 11.6 Å².